The average molecular weight is 296 g/mol. The van der Waals surface area contributed by atoms with Crippen molar-refractivity contribution >= 4 is 33.8 Å². The molecule has 0 radical (unpaired) electrons. The van der Waals surface area contributed by atoms with E-state index < -0.39 is 0 Å². The lowest BCUT2D eigenvalue weighted by atomic mass is 10.2. The molecule has 0 amide bonds. The van der Waals surface area contributed by atoms with E-state index in [-0.39, 0.29) is 0 Å². The number of nitrogens with zero attached hydrogens (tertiary/aromatic N) is 2. The quantitative estimate of drug-likeness (QED) is 0.409. The van der Waals surface area contributed by atoms with Crippen molar-refractivity contribution in [3.63, 3.8) is 0 Å². The topological polar surface area (TPSA) is 52.1 Å². The van der Waals surface area contributed by atoms with E-state index >= 15 is 0 Å². The molecule has 0 bridgehead atoms. The molecule has 0 fully saturated rings. The van der Waals surface area contributed by atoms with Crippen LogP contribution in [0.15, 0.2) is 56.5 Å². The summed E-state index contributed by atoms with van der Waals surface area (Å²) >= 11 is 1.60. The summed E-state index contributed by atoms with van der Waals surface area (Å²) < 4.78 is 11.3. The molecular formula is C16H12N2O2S. The Morgan fingerprint density at radius 3 is 2.86 bits per heavy atom. The van der Waals surface area contributed by atoms with Crippen LogP contribution in [0.5, 0.6) is 0 Å². The predicted octanol–water partition coefficient (Wildman–Crippen LogP) is 4.57. The molecule has 3 heterocycles. The van der Waals surface area contributed by atoms with Gasteiger partial charge in [0.15, 0.2) is 5.58 Å². The molecule has 104 valence electrons. The Labute approximate surface area is 125 Å². The van der Waals surface area contributed by atoms with E-state index in [1.165, 1.54) is 0 Å². The third-order valence-electron chi connectivity index (χ3n) is 3.23. The van der Waals surface area contributed by atoms with Gasteiger partial charge >= 0.3 is 0 Å². The number of rotatable bonds is 3. The van der Waals surface area contributed by atoms with Crippen molar-refractivity contribution in [2.75, 3.05) is 0 Å². The minimum atomic E-state index is 0.718. The lowest BCUT2D eigenvalue weighted by Crippen LogP contribution is -1.91. The van der Waals surface area contributed by atoms with Crippen LogP contribution in [0, 0.1) is 6.92 Å². The maximum atomic E-state index is 5.93. The van der Waals surface area contributed by atoms with Crippen molar-refractivity contribution in [3.05, 3.63) is 54.2 Å². The summed E-state index contributed by atoms with van der Waals surface area (Å²) in [5.41, 5.74) is 2.46. The molecule has 0 N–H and O–H groups in total. The molecule has 0 unspecified atom stereocenters. The van der Waals surface area contributed by atoms with Gasteiger partial charge in [0.25, 0.3) is 0 Å². The molecule has 5 heteroatoms. The Morgan fingerprint density at radius 2 is 2.00 bits per heavy atom. The van der Waals surface area contributed by atoms with Crippen molar-refractivity contribution in [2.24, 2.45) is 0 Å². The maximum absolute atomic E-state index is 5.93. The third kappa shape index (κ3) is 2.19. The van der Waals surface area contributed by atoms with Crippen LogP contribution in [-0.2, 0) is 5.75 Å². The van der Waals surface area contributed by atoms with Gasteiger partial charge in [-0.25, -0.2) is 9.97 Å². The highest BCUT2D eigenvalue weighted by Crippen LogP contribution is 2.34. The van der Waals surface area contributed by atoms with Gasteiger partial charge in [-0.15, -0.1) is 0 Å². The summed E-state index contributed by atoms with van der Waals surface area (Å²) in [4.78, 5) is 9.04. The molecule has 0 aliphatic heterocycles. The number of hydrogen-bond donors (Lipinski definition) is 0. The Balaban J connectivity index is 1.83. The molecule has 21 heavy (non-hydrogen) atoms. The highest BCUT2D eigenvalue weighted by atomic mass is 32.2. The van der Waals surface area contributed by atoms with Gasteiger partial charge in [0.05, 0.1) is 12.0 Å². The van der Waals surface area contributed by atoms with Crippen LogP contribution < -0.4 is 0 Å². The lowest BCUT2D eigenvalue weighted by molar-refractivity contribution is 0.530. The van der Waals surface area contributed by atoms with Gasteiger partial charge in [-0.2, -0.15) is 0 Å². The first kappa shape index (κ1) is 12.5. The van der Waals surface area contributed by atoms with Crippen LogP contribution in [0.1, 0.15) is 11.6 Å². The van der Waals surface area contributed by atoms with E-state index in [4.69, 9.17) is 8.83 Å². The molecule has 4 rings (SSSR count). The molecule has 0 aliphatic carbocycles. The van der Waals surface area contributed by atoms with Gasteiger partial charge in [0, 0.05) is 5.39 Å². The summed E-state index contributed by atoms with van der Waals surface area (Å²) in [6, 6.07) is 11.8. The second-order valence-electron chi connectivity index (χ2n) is 4.72. The van der Waals surface area contributed by atoms with Crippen LogP contribution >= 0.6 is 11.8 Å². The Morgan fingerprint density at radius 1 is 1.10 bits per heavy atom. The number of aromatic nitrogens is 2. The second kappa shape index (κ2) is 4.93. The number of para-hydroxylation sites is 1. The Bertz CT molecular complexity index is 913. The first-order valence-corrected chi connectivity index (χ1v) is 7.61. The SMILES string of the molecule is Cc1nc(SCc2ccco2)c2oc3ccccc3c2n1. The number of furan rings is 2. The minimum absolute atomic E-state index is 0.718. The molecular weight excluding hydrogens is 284 g/mol. The smallest absolute Gasteiger partial charge is 0.186 e. The van der Waals surface area contributed by atoms with Crippen LogP contribution in [0.4, 0.5) is 0 Å². The fourth-order valence-electron chi connectivity index (χ4n) is 2.30. The monoisotopic (exact) mass is 296 g/mol. The molecule has 4 aromatic rings. The number of hydrogen-bond acceptors (Lipinski definition) is 5. The van der Waals surface area contributed by atoms with E-state index in [2.05, 4.69) is 9.97 Å². The molecule has 1 aromatic carbocycles. The van der Waals surface area contributed by atoms with E-state index in [0.29, 0.717) is 0 Å². The van der Waals surface area contributed by atoms with Crippen LogP contribution in [0.3, 0.4) is 0 Å². The number of aryl methyl sites for hydroxylation is 1. The normalized spacial score (nSPS) is 11.5. The van der Waals surface area contributed by atoms with Gasteiger partial charge in [-0.3, -0.25) is 0 Å². The van der Waals surface area contributed by atoms with E-state index in [1.54, 1.807) is 18.0 Å². The number of thioether (sulfide) groups is 1. The summed E-state index contributed by atoms with van der Waals surface area (Å²) in [6.45, 7) is 1.90. The van der Waals surface area contributed by atoms with Crippen molar-refractivity contribution in [1.29, 1.82) is 0 Å². The van der Waals surface area contributed by atoms with Crippen LogP contribution in [0.2, 0.25) is 0 Å². The first-order valence-electron chi connectivity index (χ1n) is 6.62. The van der Waals surface area contributed by atoms with E-state index in [1.807, 2.05) is 43.3 Å². The van der Waals surface area contributed by atoms with Crippen LogP contribution in [0.25, 0.3) is 22.1 Å². The summed E-state index contributed by atoms with van der Waals surface area (Å²) in [7, 11) is 0. The van der Waals surface area contributed by atoms with Gasteiger partial charge < -0.3 is 8.83 Å². The Hall–Kier alpha value is -2.27. The second-order valence-corrected chi connectivity index (χ2v) is 5.68. The van der Waals surface area contributed by atoms with Crippen LogP contribution in [-0.4, -0.2) is 9.97 Å². The highest BCUT2D eigenvalue weighted by Gasteiger charge is 2.15. The molecule has 0 spiro atoms. The van der Waals surface area contributed by atoms with Crippen molar-refractivity contribution < 1.29 is 8.83 Å². The highest BCUT2D eigenvalue weighted by molar-refractivity contribution is 7.98. The van der Waals surface area contributed by atoms with Crippen molar-refractivity contribution in [1.82, 2.24) is 9.97 Å². The zero-order valence-electron chi connectivity index (χ0n) is 11.4. The Kier molecular flexibility index (Phi) is 2.93. The average Bonchev–Trinajstić information content (AvgIpc) is 3.12. The number of fused-ring (bicyclic) bond motifs is 3. The van der Waals surface area contributed by atoms with Gasteiger partial charge in [0.1, 0.15) is 27.7 Å². The lowest BCUT2D eigenvalue weighted by Gasteiger charge is -2.01. The van der Waals surface area contributed by atoms with E-state index in [0.717, 1.165) is 44.4 Å². The summed E-state index contributed by atoms with van der Waals surface area (Å²) in [6.07, 6.45) is 1.68. The van der Waals surface area contributed by atoms with Crippen molar-refractivity contribution in [2.45, 2.75) is 17.7 Å². The molecule has 0 atom stereocenters. The molecule has 0 saturated carbocycles. The van der Waals surface area contributed by atoms with Gasteiger partial charge in [-0.05, 0) is 31.2 Å². The predicted molar refractivity (Wildman–Crippen MR) is 82.3 cm³/mol. The van der Waals surface area contributed by atoms with Gasteiger partial charge in [0.2, 0.25) is 0 Å². The first-order chi connectivity index (χ1) is 10.3. The summed E-state index contributed by atoms with van der Waals surface area (Å²) in [5, 5.41) is 1.88. The molecule has 0 saturated heterocycles. The van der Waals surface area contributed by atoms with E-state index in [9.17, 15) is 0 Å². The largest absolute Gasteiger partial charge is 0.468 e. The van der Waals surface area contributed by atoms with Crippen molar-refractivity contribution in [3.8, 4) is 0 Å². The molecule has 0 aliphatic rings. The fraction of sp³-hybridized carbons (Fsp3) is 0.125. The maximum Gasteiger partial charge on any atom is 0.186 e. The third-order valence-corrected chi connectivity index (χ3v) is 4.21. The zero-order valence-corrected chi connectivity index (χ0v) is 12.2. The fourth-order valence-corrected chi connectivity index (χ4v) is 3.21. The summed E-state index contributed by atoms with van der Waals surface area (Å²) in [5.74, 6) is 2.38. The number of benzene rings is 1. The standard InChI is InChI=1S/C16H12N2O2S/c1-10-17-14-12-6-2-3-7-13(12)20-15(14)16(18-10)21-9-11-5-4-8-19-11/h2-8H,9H2,1H3. The molecule has 3 aromatic heterocycles. The zero-order chi connectivity index (χ0) is 14.2. The molecule has 4 nitrogen and oxygen atoms in total. The van der Waals surface area contributed by atoms with Gasteiger partial charge in [-0.1, -0.05) is 23.9 Å². The minimum Gasteiger partial charge on any atom is -0.468 e.